The number of fused-ring (bicyclic) bond motifs is 6. The van der Waals surface area contributed by atoms with Gasteiger partial charge in [-0.3, -0.25) is 19.1 Å². The number of hydrogen-bond donors (Lipinski definition) is 3. The van der Waals surface area contributed by atoms with Crippen molar-refractivity contribution in [3.05, 3.63) is 101 Å². The summed E-state index contributed by atoms with van der Waals surface area (Å²) in [5.74, 6) is 1.83. The lowest BCUT2D eigenvalue weighted by molar-refractivity contribution is -0.116. The molecular formula is C36H34FN3O9S. The number of nitrogens with one attached hydrogen (secondary N) is 3. The maximum atomic E-state index is 13.0. The van der Waals surface area contributed by atoms with E-state index in [0.29, 0.717) is 41.8 Å². The van der Waals surface area contributed by atoms with Crippen LogP contribution in [0.15, 0.2) is 77.7 Å². The third kappa shape index (κ3) is 7.08. The van der Waals surface area contributed by atoms with Crippen LogP contribution in [-0.2, 0) is 43.3 Å². The molecule has 4 aromatic carbocycles. The first-order chi connectivity index (χ1) is 23.9. The molecule has 0 saturated carbocycles. The minimum absolute atomic E-state index is 0.0476. The van der Waals surface area contributed by atoms with Gasteiger partial charge in [-0.25, -0.2) is 4.39 Å². The summed E-state index contributed by atoms with van der Waals surface area (Å²) in [6, 6.07) is 19.9. The highest BCUT2D eigenvalue weighted by Crippen LogP contribution is 2.44. The quantitative estimate of drug-likeness (QED) is 0.233. The Bertz CT molecular complexity index is 2070. The van der Waals surface area contributed by atoms with Crippen molar-refractivity contribution in [1.82, 2.24) is 5.32 Å². The van der Waals surface area contributed by atoms with Crippen LogP contribution in [-0.4, -0.2) is 51.9 Å². The van der Waals surface area contributed by atoms with Crippen molar-refractivity contribution in [2.24, 2.45) is 0 Å². The van der Waals surface area contributed by atoms with Crippen LogP contribution < -0.4 is 34.9 Å². The van der Waals surface area contributed by atoms with Gasteiger partial charge in [0.2, 0.25) is 11.8 Å². The molecule has 0 aliphatic carbocycles. The van der Waals surface area contributed by atoms with Crippen LogP contribution in [0.5, 0.6) is 23.0 Å². The van der Waals surface area contributed by atoms with E-state index in [1.807, 2.05) is 19.9 Å². The molecule has 0 fully saturated rings. The lowest BCUT2D eigenvalue weighted by Gasteiger charge is -2.37. The number of amides is 2. The van der Waals surface area contributed by atoms with Gasteiger partial charge in [-0.2, -0.15) is 8.42 Å². The predicted octanol–water partition coefficient (Wildman–Crippen LogP) is 4.63. The Hall–Kier alpha value is -5.18. The topological polar surface area (TPSA) is 151 Å². The van der Waals surface area contributed by atoms with Crippen molar-refractivity contribution in [1.29, 1.82) is 0 Å². The lowest BCUT2D eigenvalue weighted by atomic mass is 10.1. The molecule has 4 heterocycles. The largest absolute Gasteiger partial charge is 0.486 e. The molecule has 50 heavy (non-hydrogen) atoms. The summed E-state index contributed by atoms with van der Waals surface area (Å²) >= 11 is 0. The zero-order chi connectivity index (χ0) is 35.0. The fraction of sp³-hybridized carbons (Fsp3) is 0.278. The average Bonchev–Trinajstić information content (AvgIpc) is 3.69. The van der Waals surface area contributed by atoms with Crippen LogP contribution in [0.3, 0.4) is 0 Å². The zero-order valence-electron chi connectivity index (χ0n) is 27.2. The summed E-state index contributed by atoms with van der Waals surface area (Å²) in [7, 11) is -3.88. The molecule has 4 aliphatic rings. The van der Waals surface area contributed by atoms with Gasteiger partial charge in [-0.1, -0.05) is 29.8 Å². The van der Waals surface area contributed by atoms with Gasteiger partial charge in [0.25, 0.3) is 10.1 Å². The highest BCUT2D eigenvalue weighted by atomic mass is 32.2. The zero-order valence-corrected chi connectivity index (χ0v) is 28.0. The molecule has 0 spiro atoms. The van der Waals surface area contributed by atoms with E-state index in [0.717, 1.165) is 27.9 Å². The van der Waals surface area contributed by atoms with Gasteiger partial charge in [0.1, 0.15) is 25.6 Å². The van der Waals surface area contributed by atoms with E-state index >= 15 is 0 Å². The van der Waals surface area contributed by atoms with Gasteiger partial charge in [0.05, 0.1) is 17.7 Å². The number of rotatable bonds is 7. The third-order valence-electron chi connectivity index (χ3n) is 8.51. The van der Waals surface area contributed by atoms with E-state index in [1.54, 1.807) is 42.5 Å². The summed E-state index contributed by atoms with van der Waals surface area (Å²) in [5.41, 5.74) is 4.17. The molecule has 8 rings (SSSR count). The van der Waals surface area contributed by atoms with Crippen LogP contribution in [0, 0.1) is 12.7 Å². The third-order valence-corrected chi connectivity index (χ3v) is 9.81. The number of ether oxygens (including phenoxy) is 4. The first kappa shape index (κ1) is 33.3. The molecule has 0 aromatic heterocycles. The highest BCUT2D eigenvalue weighted by molar-refractivity contribution is 7.86. The first-order valence-corrected chi connectivity index (χ1v) is 17.3. The Balaban J connectivity index is 0.000000157. The second-order valence-electron chi connectivity index (χ2n) is 12.5. The van der Waals surface area contributed by atoms with Crippen LogP contribution in [0.25, 0.3) is 0 Å². The molecule has 3 N–H and O–H groups in total. The summed E-state index contributed by atoms with van der Waals surface area (Å²) in [6.45, 7) is 4.60. The van der Waals surface area contributed by atoms with E-state index in [-0.39, 0.29) is 48.6 Å². The van der Waals surface area contributed by atoms with E-state index in [2.05, 4.69) is 16.0 Å². The molecule has 14 heteroatoms. The van der Waals surface area contributed by atoms with E-state index in [4.69, 9.17) is 23.1 Å². The van der Waals surface area contributed by atoms with Gasteiger partial charge in [-0.15, -0.1) is 0 Å². The molecule has 4 aromatic rings. The molecule has 0 radical (unpaired) electrons. The van der Waals surface area contributed by atoms with Gasteiger partial charge in [-0.05, 0) is 67.9 Å². The molecule has 12 nitrogen and oxygen atoms in total. The number of benzene rings is 4. The van der Waals surface area contributed by atoms with Crippen molar-refractivity contribution in [3.8, 4) is 23.0 Å². The Morgan fingerprint density at radius 3 is 2.14 bits per heavy atom. The van der Waals surface area contributed by atoms with Crippen molar-refractivity contribution < 1.29 is 45.5 Å². The Kier molecular flexibility index (Phi) is 8.84. The van der Waals surface area contributed by atoms with E-state index in [1.165, 1.54) is 24.3 Å². The van der Waals surface area contributed by atoms with Crippen LogP contribution in [0.4, 0.5) is 15.8 Å². The smallest absolute Gasteiger partial charge is 0.297 e. The average molecular weight is 704 g/mol. The second-order valence-corrected chi connectivity index (χ2v) is 14.1. The fourth-order valence-corrected chi connectivity index (χ4v) is 6.77. The number of aryl methyl sites for hydroxylation is 1. The highest BCUT2D eigenvalue weighted by Gasteiger charge is 2.37. The second kappa shape index (κ2) is 13.3. The molecule has 1 unspecified atom stereocenters. The van der Waals surface area contributed by atoms with Gasteiger partial charge in [0.15, 0.2) is 34.8 Å². The summed E-state index contributed by atoms with van der Waals surface area (Å²) < 4.78 is 66.2. The fourth-order valence-electron chi connectivity index (χ4n) is 5.83. The van der Waals surface area contributed by atoms with Gasteiger partial charge in [0, 0.05) is 29.0 Å². The summed E-state index contributed by atoms with van der Waals surface area (Å²) in [6.07, 6.45) is -0.0996. The normalized spacial score (nSPS) is 19.8. The number of halogens is 1. The first-order valence-electron chi connectivity index (χ1n) is 15.9. The minimum atomic E-state index is -3.88. The van der Waals surface area contributed by atoms with Crippen molar-refractivity contribution in [2.45, 2.75) is 50.0 Å². The van der Waals surface area contributed by atoms with Crippen molar-refractivity contribution >= 4 is 33.3 Å². The predicted molar refractivity (Wildman–Crippen MR) is 180 cm³/mol. The van der Waals surface area contributed by atoms with Crippen molar-refractivity contribution in [2.75, 3.05) is 30.5 Å². The van der Waals surface area contributed by atoms with Crippen molar-refractivity contribution in [3.63, 3.8) is 0 Å². The molecule has 260 valence electrons. The molecule has 2 atom stereocenters. The van der Waals surface area contributed by atoms with E-state index < -0.39 is 21.9 Å². The van der Waals surface area contributed by atoms with Crippen LogP contribution >= 0.6 is 0 Å². The maximum Gasteiger partial charge on any atom is 0.297 e. The maximum absolute atomic E-state index is 13.0. The molecule has 0 saturated heterocycles. The van der Waals surface area contributed by atoms with Gasteiger partial charge < -0.3 is 29.6 Å². The molecule has 2 amide bonds. The molecule has 0 bridgehead atoms. The Labute approximate surface area is 288 Å². The summed E-state index contributed by atoms with van der Waals surface area (Å²) in [4.78, 5) is 23.3. The summed E-state index contributed by atoms with van der Waals surface area (Å²) in [5, 5.41) is 8.85. The van der Waals surface area contributed by atoms with Gasteiger partial charge >= 0.3 is 0 Å². The number of hydrogen-bond acceptors (Lipinski definition) is 10. The monoisotopic (exact) mass is 703 g/mol. The van der Waals surface area contributed by atoms with E-state index in [9.17, 15) is 22.4 Å². The molecular weight excluding hydrogens is 669 g/mol. The number of anilines is 2. The lowest BCUT2D eigenvalue weighted by Crippen LogP contribution is -2.53. The van der Waals surface area contributed by atoms with Crippen LogP contribution in [0.2, 0.25) is 0 Å². The van der Waals surface area contributed by atoms with Crippen LogP contribution in [0.1, 0.15) is 29.2 Å². The molecule has 4 aliphatic heterocycles. The Morgan fingerprint density at radius 1 is 0.860 bits per heavy atom. The minimum Gasteiger partial charge on any atom is -0.486 e. The Morgan fingerprint density at radius 2 is 1.48 bits per heavy atom. The number of carbonyl (C=O) groups excluding carboxylic acids is 2. The SMILES string of the molecule is CC1(NCc2ccc(F)cc2)COc2ccc3c(c2O1)CC(=O)N3.Cc1ccc(S(=O)(=O)OC[C@H]2COc3ccc4c(c3O2)CC(=O)N4)cc1. The number of carbonyl (C=O) groups is 2. The standard InChI is InChI=1S/C18H17FN2O3.C18H17NO6S/c1-18(20-9-11-2-4-12(19)5-3-11)10-23-15-7-6-14-13(17(15)24-18)8-16(22)21-14;1-11-2-4-13(5-3-11)26(21,22)24-10-12-9-23-16-7-6-15-14(18(16)25-12)8-17(20)19-15/h2-7,20H,8-10H2,1H3,(H,21,22);2-7,12H,8-10H2,1H3,(H,19,20)/t;12-/m.1/s1.